The molecule has 0 aliphatic heterocycles. The lowest BCUT2D eigenvalue weighted by molar-refractivity contribution is 0.448. The third-order valence-electron chi connectivity index (χ3n) is 6.05. The molecular weight excluding hydrogens is 384 g/mol. The molecule has 4 heteroatoms. The fraction of sp³-hybridized carbons (Fsp3) is 0.320. The Balaban J connectivity index is 1.57. The maximum Gasteiger partial charge on any atom is 0.146 e. The maximum absolute atomic E-state index is 14.4. The molecule has 4 rings (SSSR count). The average molecular weight is 408 g/mol. The molecule has 2 aliphatic carbocycles. The van der Waals surface area contributed by atoms with Crippen molar-refractivity contribution in [2.45, 2.75) is 38.8 Å². The monoisotopic (exact) mass is 407 g/mol. The SMILES string of the molecule is CCCC(C)c1ccc(-c2ccc(C3=CC(F)=C(N=C=S)C4C(F)C34)cc2)cc1. The maximum atomic E-state index is 14.4. The lowest BCUT2D eigenvalue weighted by Gasteiger charge is -2.13. The molecule has 0 spiro atoms. The Kier molecular flexibility index (Phi) is 5.58. The highest BCUT2D eigenvalue weighted by atomic mass is 32.1. The van der Waals surface area contributed by atoms with Crippen molar-refractivity contribution >= 4 is 23.0 Å². The number of nitrogens with zero attached hydrogens (tertiary/aromatic N) is 1. The van der Waals surface area contributed by atoms with E-state index in [0.29, 0.717) is 11.5 Å². The number of isothiocyanates is 1. The van der Waals surface area contributed by atoms with Crippen LogP contribution in [0.15, 0.2) is 71.1 Å². The highest BCUT2D eigenvalue weighted by Crippen LogP contribution is 2.58. The van der Waals surface area contributed by atoms with E-state index in [9.17, 15) is 8.78 Å². The Bertz CT molecular complexity index is 1010. The molecule has 1 saturated carbocycles. The first-order chi connectivity index (χ1) is 14.0. The molecule has 0 heterocycles. The first kappa shape index (κ1) is 19.9. The number of thiocarbonyl (C=S) groups is 1. The van der Waals surface area contributed by atoms with Gasteiger partial charge in [-0.25, -0.2) is 8.78 Å². The van der Waals surface area contributed by atoms with Crippen LogP contribution in [0.25, 0.3) is 16.7 Å². The summed E-state index contributed by atoms with van der Waals surface area (Å²) >= 11 is 4.55. The van der Waals surface area contributed by atoms with Crippen molar-refractivity contribution in [2.24, 2.45) is 16.8 Å². The molecule has 2 aromatic carbocycles. The second kappa shape index (κ2) is 8.14. The number of benzene rings is 2. The molecule has 0 aromatic heterocycles. The van der Waals surface area contributed by atoms with Crippen LogP contribution in [0.4, 0.5) is 8.78 Å². The fourth-order valence-electron chi connectivity index (χ4n) is 4.34. The van der Waals surface area contributed by atoms with Crippen molar-refractivity contribution in [3.05, 3.63) is 77.3 Å². The average Bonchev–Trinajstić information content (AvgIpc) is 3.41. The second-order valence-electron chi connectivity index (χ2n) is 7.92. The van der Waals surface area contributed by atoms with Gasteiger partial charge in [0.2, 0.25) is 0 Å². The number of aliphatic imine (C=N–C) groups is 1. The van der Waals surface area contributed by atoms with Gasteiger partial charge in [-0.1, -0.05) is 68.8 Å². The van der Waals surface area contributed by atoms with E-state index in [0.717, 1.165) is 16.7 Å². The molecule has 0 saturated heterocycles. The van der Waals surface area contributed by atoms with Gasteiger partial charge in [-0.15, -0.1) is 0 Å². The Morgan fingerprint density at radius 3 is 2.17 bits per heavy atom. The minimum absolute atomic E-state index is 0.0928. The molecule has 148 valence electrons. The van der Waals surface area contributed by atoms with E-state index >= 15 is 0 Å². The molecule has 2 aromatic rings. The van der Waals surface area contributed by atoms with Gasteiger partial charge in [0.15, 0.2) is 0 Å². The van der Waals surface area contributed by atoms with Crippen LogP contribution in [0.5, 0.6) is 0 Å². The lowest BCUT2D eigenvalue weighted by Crippen LogP contribution is -1.99. The summed E-state index contributed by atoms with van der Waals surface area (Å²) < 4.78 is 28.7. The van der Waals surface area contributed by atoms with Crippen LogP contribution in [0.2, 0.25) is 0 Å². The van der Waals surface area contributed by atoms with Crippen LogP contribution < -0.4 is 0 Å². The van der Waals surface area contributed by atoms with Gasteiger partial charge in [-0.3, -0.25) is 0 Å². The first-order valence-electron chi connectivity index (χ1n) is 10.1. The Labute approximate surface area is 175 Å². The van der Waals surface area contributed by atoms with Crippen molar-refractivity contribution in [2.75, 3.05) is 0 Å². The molecule has 1 nitrogen and oxygen atoms in total. The quantitative estimate of drug-likeness (QED) is 0.356. The van der Waals surface area contributed by atoms with E-state index in [2.05, 4.69) is 60.5 Å². The lowest BCUT2D eigenvalue weighted by atomic mass is 9.92. The number of allylic oxidation sites excluding steroid dienone is 4. The summed E-state index contributed by atoms with van der Waals surface area (Å²) in [5, 5.41) is 2.16. The fourth-order valence-corrected chi connectivity index (χ4v) is 4.44. The molecule has 4 atom stereocenters. The minimum Gasteiger partial charge on any atom is -0.246 e. The van der Waals surface area contributed by atoms with Crippen molar-refractivity contribution < 1.29 is 8.78 Å². The number of alkyl halides is 1. The molecule has 0 amide bonds. The molecule has 29 heavy (non-hydrogen) atoms. The zero-order valence-electron chi connectivity index (χ0n) is 16.5. The van der Waals surface area contributed by atoms with Crippen LogP contribution >= 0.6 is 12.2 Å². The summed E-state index contributed by atoms with van der Waals surface area (Å²) in [4.78, 5) is 3.74. The first-order valence-corrected chi connectivity index (χ1v) is 10.5. The van der Waals surface area contributed by atoms with Crippen LogP contribution in [0.3, 0.4) is 0 Å². The summed E-state index contributed by atoms with van der Waals surface area (Å²) in [6.45, 7) is 4.46. The molecule has 4 unspecified atom stereocenters. The summed E-state index contributed by atoms with van der Waals surface area (Å²) in [7, 11) is 0. The van der Waals surface area contributed by atoms with Gasteiger partial charge in [0.1, 0.15) is 12.0 Å². The highest BCUT2D eigenvalue weighted by Gasteiger charge is 2.58. The number of rotatable bonds is 6. The van der Waals surface area contributed by atoms with Gasteiger partial charge in [0, 0.05) is 11.8 Å². The van der Waals surface area contributed by atoms with Gasteiger partial charge in [-0.2, -0.15) is 4.99 Å². The van der Waals surface area contributed by atoms with E-state index in [1.165, 1.54) is 24.5 Å². The molecule has 0 radical (unpaired) electrons. The number of hydrogen-bond acceptors (Lipinski definition) is 2. The van der Waals surface area contributed by atoms with E-state index in [1.807, 2.05) is 24.3 Å². The Morgan fingerprint density at radius 1 is 1.00 bits per heavy atom. The van der Waals surface area contributed by atoms with Crippen LogP contribution in [0, 0.1) is 11.8 Å². The molecular formula is C25H23F2NS. The van der Waals surface area contributed by atoms with Crippen LogP contribution in [0.1, 0.15) is 43.7 Å². The summed E-state index contributed by atoms with van der Waals surface area (Å²) in [5.41, 5.74) is 5.21. The predicted molar refractivity (Wildman–Crippen MR) is 118 cm³/mol. The van der Waals surface area contributed by atoms with E-state index in [4.69, 9.17) is 0 Å². The minimum atomic E-state index is -1.12. The number of hydrogen-bond donors (Lipinski definition) is 0. The van der Waals surface area contributed by atoms with Crippen molar-refractivity contribution in [1.82, 2.24) is 0 Å². The van der Waals surface area contributed by atoms with Gasteiger partial charge in [0.25, 0.3) is 0 Å². The van der Waals surface area contributed by atoms with E-state index in [-0.39, 0.29) is 11.6 Å². The summed E-state index contributed by atoms with van der Waals surface area (Å²) in [6, 6.07) is 16.6. The number of fused-ring (bicyclic) bond motifs is 1. The zero-order valence-corrected chi connectivity index (χ0v) is 17.3. The van der Waals surface area contributed by atoms with E-state index < -0.39 is 17.9 Å². The Morgan fingerprint density at radius 2 is 1.59 bits per heavy atom. The zero-order chi connectivity index (χ0) is 20.5. The molecule has 0 bridgehead atoms. The number of halogens is 2. The third-order valence-corrected chi connectivity index (χ3v) is 6.14. The summed E-state index contributed by atoms with van der Waals surface area (Å²) in [6.07, 6.45) is 2.64. The van der Waals surface area contributed by atoms with Gasteiger partial charge >= 0.3 is 0 Å². The largest absolute Gasteiger partial charge is 0.246 e. The molecule has 2 aliphatic rings. The van der Waals surface area contributed by atoms with Gasteiger partial charge in [-0.05, 0) is 58.5 Å². The van der Waals surface area contributed by atoms with E-state index in [1.54, 1.807) is 0 Å². The highest BCUT2D eigenvalue weighted by molar-refractivity contribution is 7.78. The van der Waals surface area contributed by atoms with Crippen LogP contribution in [-0.2, 0) is 0 Å². The van der Waals surface area contributed by atoms with Crippen LogP contribution in [-0.4, -0.2) is 11.3 Å². The Hall–Kier alpha value is -2.42. The van der Waals surface area contributed by atoms with Gasteiger partial charge < -0.3 is 0 Å². The second-order valence-corrected chi connectivity index (χ2v) is 8.10. The predicted octanol–water partition coefficient (Wildman–Crippen LogP) is 7.52. The van der Waals surface area contributed by atoms with Crippen molar-refractivity contribution in [3.63, 3.8) is 0 Å². The van der Waals surface area contributed by atoms with Crippen molar-refractivity contribution in [3.8, 4) is 11.1 Å². The van der Waals surface area contributed by atoms with Crippen molar-refractivity contribution in [1.29, 1.82) is 0 Å². The molecule has 1 fully saturated rings. The molecule has 0 N–H and O–H groups in total. The topological polar surface area (TPSA) is 12.4 Å². The smallest absolute Gasteiger partial charge is 0.146 e. The normalized spacial score (nSPS) is 23.7. The third kappa shape index (κ3) is 3.75. The summed E-state index contributed by atoms with van der Waals surface area (Å²) in [5.74, 6) is -0.838. The van der Waals surface area contributed by atoms with Gasteiger partial charge in [0.05, 0.1) is 10.9 Å². The standard InChI is InChI=1S/C25H23F2NS/c1-3-4-15(2)16-5-7-17(8-6-16)18-9-11-19(12-10-18)20-13-21(26)25(28-14-29)23-22(20)24(23)27/h5-13,15,22-24H,3-4H2,1-2H3.